The van der Waals surface area contributed by atoms with Crippen molar-refractivity contribution in [1.29, 1.82) is 0 Å². The molecule has 5 heteroatoms. The van der Waals surface area contributed by atoms with Crippen LogP contribution in [-0.4, -0.2) is 27.4 Å². The second-order valence-corrected chi connectivity index (χ2v) is 5.24. The third kappa shape index (κ3) is 3.35. The number of para-hydroxylation sites is 2. The van der Waals surface area contributed by atoms with Gasteiger partial charge in [-0.2, -0.15) is 0 Å². The lowest BCUT2D eigenvalue weighted by atomic mass is 10.3. The molecule has 108 valence electrons. The average molecular weight is 303 g/mol. The second kappa shape index (κ2) is 6.16. The fourth-order valence-electron chi connectivity index (χ4n) is 2.16. The number of aromatic nitrogens is 2. The number of hydrogen-bond acceptors (Lipinski definition) is 3. The van der Waals surface area contributed by atoms with E-state index in [1.807, 2.05) is 28.8 Å². The minimum absolute atomic E-state index is 0.216. The minimum atomic E-state index is -0.613. The molecule has 3 aromatic rings. The van der Waals surface area contributed by atoms with Gasteiger partial charge >= 0.3 is 0 Å². The fourth-order valence-corrected chi connectivity index (χ4v) is 2.28. The number of benzene rings is 2. The molecule has 1 heterocycles. The maximum Gasteiger partial charge on any atom is 0.119 e. The van der Waals surface area contributed by atoms with Gasteiger partial charge in [-0.3, -0.25) is 0 Å². The van der Waals surface area contributed by atoms with Gasteiger partial charge in [-0.15, -0.1) is 0 Å². The van der Waals surface area contributed by atoms with E-state index in [0.29, 0.717) is 17.3 Å². The van der Waals surface area contributed by atoms with Crippen molar-refractivity contribution in [3.8, 4) is 5.75 Å². The van der Waals surface area contributed by atoms with Gasteiger partial charge in [-0.1, -0.05) is 23.7 Å². The Hall–Kier alpha value is -2.04. The highest BCUT2D eigenvalue weighted by molar-refractivity contribution is 6.30. The lowest BCUT2D eigenvalue weighted by Crippen LogP contribution is -2.23. The molecule has 0 radical (unpaired) electrons. The van der Waals surface area contributed by atoms with Crippen molar-refractivity contribution >= 4 is 22.6 Å². The Morgan fingerprint density at radius 3 is 2.71 bits per heavy atom. The van der Waals surface area contributed by atoms with E-state index in [1.165, 1.54) is 0 Å². The molecule has 0 aliphatic rings. The standard InChI is InChI=1S/C16H15ClN2O2/c17-12-5-7-14(8-6-12)21-10-13(20)9-19-11-18-15-3-1-2-4-16(15)19/h1-8,11,13,20H,9-10H2/t13-/m1/s1. The maximum atomic E-state index is 10.1. The summed E-state index contributed by atoms with van der Waals surface area (Å²) in [5, 5.41) is 10.8. The number of ether oxygens (including phenoxy) is 1. The molecule has 4 nitrogen and oxygen atoms in total. The average Bonchev–Trinajstić information content (AvgIpc) is 2.90. The Morgan fingerprint density at radius 2 is 1.90 bits per heavy atom. The summed E-state index contributed by atoms with van der Waals surface area (Å²) in [4.78, 5) is 4.30. The SMILES string of the molecule is O[C@@H](COc1ccc(Cl)cc1)Cn1cnc2ccccc21. The van der Waals surface area contributed by atoms with E-state index in [4.69, 9.17) is 16.3 Å². The number of aliphatic hydroxyl groups is 1. The van der Waals surface area contributed by atoms with Crippen LogP contribution in [0.3, 0.4) is 0 Å². The second-order valence-electron chi connectivity index (χ2n) is 4.80. The number of aliphatic hydroxyl groups excluding tert-OH is 1. The number of nitrogens with zero attached hydrogens (tertiary/aromatic N) is 2. The van der Waals surface area contributed by atoms with Gasteiger partial charge in [0, 0.05) is 5.02 Å². The quantitative estimate of drug-likeness (QED) is 0.787. The molecule has 1 atom stereocenters. The summed E-state index contributed by atoms with van der Waals surface area (Å²) in [6.07, 6.45) is 1.12. The van der Waals surface area contributed by atoms with Gasteiger partial charge in [-0.05, 0) is 36.4 Å². The normalized spacial score (nSPS) is 12.5. The first-order valence-electron chi connectivity index (χ1n) is 6.69. The van der Waals surface area contributed by atoms with E-state index in [1.54, 1.807) is 30.6 Å². The van der Waals surface area contributed by atoms with E-state index in [0.717, 1.165) is 11.0 Å². The first kappa shape index (κ1) is 13.9. The van der Waals surface area contributed by atoms with Crippen LogP contribution < -0.4 is 4.74 Å². The van der Waals surface area contributed by atoms with Crippen LogP contribution in [0.1, 0.15) is 0 Å². The zero-order chi connectivity index (χ0) is 14.7. The predicted molar refractivity (Wildman–Crippen MR) is 82.7 cm³/mol. The third-order valence-corrected chi connectivity index (χ3v) is 3.44. The highest BCUT2D eigenvalue weighted by Gasteiger charge is 2.09. The van der Waals surface area contributed by atoms with Gasteiger partial charge in [0.15, 0.2) is 0 Å². The molecule has 1 N–H and O–H groups in total. The van der Waals surface area contributed by atoms with Crippen molar-refractivity contribution < 1.29 is 9.84 Å². The Morgan fingerprint density at radius 1 is 1.14 bits per heavy atom. The molecule has 3 rings (SSSR count). The van der Waals surface area contributed by atoms with Gasteiger partial charge in [-0.25, -0.2) is 4.98 Å². The molecule has 0 fully saturated rings. The van der Waals surface area contributed by atoms with Crippen molar-refractivity contribution in [3.05, 3.63) is 59.9 Å². The molecule has 0 aliphatic heterocycles. The van der Waals surface area contributed by atoms with Crippen molar-refractivity contribution in [2.24, 2.45) is 0 Å². The smallest absolute Gasteiger partial charge is 0.119 e. The van der Waals surface area contributed by atoms with Crippen molar-refractivity contribution in [2.45, 2.75) is 12.6 Å². The highest BCUT2D eigenvalue weighted by atomic mass is 35.5. The minimum Gasteiger partial charge on any atom is -0.491 e. The Kier molecular flexibility index (Phi) is 4.08. The van der Waals surface area contributed by atoms with Crippen LogP contribution in [0.2, 0.25) is 5.02 Å². The molecule has 0 saturated heterocycles. The van der Waals surface area contributed by atoms with Gasteiger partial charge in [0.1, 0.15) is 18.5 Å². The number of rotatable bonds is 5. The summed E-state index contributed by atoms with van der Waals surface area (Å²) in [5.41, 5.74) is 1.92. The molecule has 0 bridgehead atoms. The molecule has 21 heavy (non-hydrogen) atoms. The number of fused-ring (bicyclic) bond motifs is 1. The largest absolute Gasteiger partial charge is 0.491 e. The molecular formula is C16H15ClN2O2. The van der Waals surface area contributed by atoms with Gasteiger partial charge in [0.05, 0.1) is 23.9 Å². The third-order valence-electron chi connectivity index (χ3n) is 3.19. The van der Waals surface area contributed by atoms with Crippen molar-refractivity contribution in [3.63, 3.8) is 0 Å². The lowest BCUT2D eigenvalue weighted by Gasteiger charge is -2.13. The number of hydrogen-bond donors (Lipinski definition) is 1. The van der Waals surface area contributed by atoms with E-state index >= 15 is 0 Å². The zero-order valence-electron chi connectivity index (χ0n) is 11.3. The lowest BCUT2D eigenvalue weighted by molar-refractivity contribution is 0.0934. The summed E-state index contributed by atoms with van der Waals surface area (Å²) < 4.78 is 7.46. The van der Waals surface area contributed by atoms with Gasteiger partial charge in [0.25, 0.3) is 0 Å². The number of imidazole rings is 1. The van der Waals surface area contributed by atoms with Crippen LogP contribution >= 0.6 is 11.6 Å². The Bertz CT molecular complexity index is 724. The Labute approximate surface area is 127 Å². The summed E-state index contributed by atoms with van der Waals surface area (Å²) in [6, 6.07) is 14.9. The summed E-state index contributed by atoms with van der Waals surface area (Å²) in [5.74, 6) is 0.689. The number of halogens is 1. The van der Waals surface area contributed by atoms with E-state index in [9.17, 15) is 5.11 Å². The van der Waals surface area contributed by atoms with E-state index < -0.39 is 6.10 Å². The fraction of sp³-hybridized carbons (Fsp3) is 0.188. The molecule has 0 spiro atoms. The van der Waals surface area contributed by atoms with Gasteiger partial charge < -0.3 is 14.4 Å². The van der Waals surface area contributed by atoms with Crippen LogP contribution in [-0.2, 0) is 6.54 Å². The molecule has 2 aromatic carbocycles. The molecule has 1 aromatic heterocycles. The molecular weight excluding hydrogens is 288 g/mol. The van der Waals surface area contributed by atoms with Crippen LogP contribution in [0.5, 0.6) is 5.75 Å². The predicted octanol–water partition coefficient (Wildman–Crippen LogP) is 3.13. The van der Waals surface area contributed by atoms with Gasteiger partial charge in [0.2, 0.25) is 0 Å². The van der Waals surface area contributed by atoms with E-state index in [-0.39, 0.29) is 6.61 Å². The van der Waals surface area contributed by atoms with Crippen molar-refractivity contribution in [2.75, 3.05) is 6.61 Å². The monoisotopic (exact) mass is 302 g/mol. The van der Waals surface area contributed by atoms with Crippen LogP contribution in [0, 0.1) is 0 Å². The Balaban J connectivity index is 1.61. The summed E-state index contributed by atoms with van der Waals surface area (Å²) in [6.45, 7) is 0.655. The zero-order valence-corrected chi connectivity index (χ0v) is 12.1. The first-order valence-corrected chi connectivity index (χ1v) is 7.06. The van der Waals surface area contributed by atoms with Crippen LogP contribution in [0.15, 0.2) is 54.9 Å². The molecule has 0 unspecified atom stereocenters. The molecule has 0 saturated carbocycles. The molecule has 0 aliphatic carbocycles. The molecule has 0 amide bonds. The first-order chi connectivity index (χ1) is 10.2. The highest BCUT2D eigenvalue weighted by Crippen LogP contribution is 2.16. The van der Waals surface area contributed by atoms with Crippen LogP contribution in [0.4, 0.5) is 0 Å². The summed E-state index contributed by atoms with van der Waals surface area (Å²) >= 11 is 5.81. The topological polar surface area (TPSA) is 47.3 Å². The van der Waals surface area contributed by atoms with Crippen LogP contribution in [0.25, 0.3) is 11.0 Å². The maximum absolute atomic E-state index is 10.1. The summed E-state index contributed by atoms with van der Waals surface area (Å²) in [7, 11) is 0. The van der Waals surface area contributed by atoms with E-state index in [2.05, 4.69) is 4.98 Å². The van der Waals surface area contributed by atoms with Crippen molar-refractivity contribution in [1.82, 2.24) is 9.55 Å².